The summed E-state index contributed by atoms with van der Waals surface area (Å²) in [4.78, 5) is 23.4. The summed E-state index contributed by atoms with van der Waals surface area (Å²) in [5, 5.41) is 4.03. The van der Waals surface area contributed by atoms with Gasteiger partial charge in [0.05, 0.1) is 10.6 Å². The van der Waals surface area contributed by atoms with Crippen LogP contribution in [0.1, 0.15) is 21.7 Å². The molecule has 1 amide bonds. The summed E-state index contributed by atoms with van der Waals surface area (Å²) in [5.74, 6) is -0.228. The Kier molecular flexibility index (Phi) is 6.42. The van der Waals surface area contributed by atoms with Crippen molar-refractivity contribution in [2.45, 2.75) is 28.8 Å². The van der Waals surface area contributed by atoms with E-state index in [0.29, 0.717) is 21.4 Å². The first kappa shape index (κ1) is 19.7. The number of hydrogen-bond donors (Lipinski definition) is 1. The van der Waals surface area contributed by atoms with Crippen LogP contribution in [0.4, 0.5) is 5.69 Å². The van der Waals surface area contributed by atoms with E-state index in [1.54, 1.807) is 23.9 Å². The van der Waals surface area contributed by atoms with Crippen LogP contribution in [0.5, 0.6) is 0 Å². The molecule has 1 aromatic heterocycles. The number of halogens is 1. The first-order valence-electron chi connectivity index (χ1n) is 8.19. The van der Waals surface area contributed by atoms with Crippen molar-refractivity contribution in [2.24, 2.45) is 0 Å². The minimum absolute atomic E-state index is 0.228. The summed E-state index contributed by atoms with van der Waals surface area (Å²) < 4.78 is 0. The molecule has 0 aliphatic rings. The summed E-state index contributed by atoms with van der Waals surface area (Å²) in [5.41, 5.74) is 3.05. The van der Waals surface area contributed by atoms with Crippen LogP contribution in [0, 0.1) is 13.8 Å². The van der Waals surface area contributed by atoms with Crippen molar-refractivity contribution in [3.8, 4) is 0 Å². The highest BCUT2D eigenvalue weighted by Crippen LogP contribution is 2.27. The van der Waals surface area contributed by atoms with Gasteiger partial charge in [0.25, 0.3) is 5.91 Å². The molecule has 4 nitrogen and oxygen atoms in total. The maximum absolute atomic E-state index is 12.5. The van der Waals surface area contributed by atoms with Gasteiger partial charge in [0.2, 0.25) is 0 Å². The van der Waals surface area contributed by atoms with Gasteiger partial charge in [-0.15, -0.1) is 11.8 Å². The number of aryl methyl sites for hydroxylation is 2. The molecule has 27 heavy (non-hydrogen) atoms. The van der Waals surface area contributed by atoms with Crippen molar-refractivity contribution in [1.29, 1.82) is 0 Å². The molecule has 1 N–H and O–H groups in total. The molecule has 2 aromatic carbocycles. The monoisotopic (exact) mass is 415 g/mol. The number of benzene rings is 2. The minimum atomic E-state index is -0.228. The SMILES string of the molecule is CSc1ccc(Cl)c(C(=O)Nc2ccc(Sc3nc(C)cc(C)n3)cc2)c1. The number of hydrogen-bond acceptors (Lipinski definition) is 5. The predicted octanol–water partition coefficient (Wildman–Crippen LogP) is 5.87. The Hall–Kier alpha value is -2.02. The van der Waals surface area contributed by atoms with Gasteiger partial charge in [0.1, 0.15) is 0 Å². The average molecular weight is 416 g/mol. The first-order chi connectivity index (χ1) is 12.9. The van der Waals surface area contributed by atoms with Crippen molar-refractivity contribution < 1.29 is 4.79 Å². The van der Waals surface area contributed by atoms with Crippen LogP contribution in [0.2, 0.25) is 5.02 Å². The smallest absolute Gasteiger partial charge is 0.257 e. The average Bonchev–Trinajstić information content (AvgIpc) is 2.63. The fourth-order valence-corrected chi connectivity index (χ4v) is 3.96. The van der Waals surface area contributed by atoms with Crippen LogP contribution in [0.15, 0.2) is 63.5 Å². The van der Waals surface area contributed by atoms with Crippen LogP contribution in [-0.4, -0.2) is 22.1 Å². The Bertz CT molecular complexity index is 957. The maximum Gasteiger partial charge on any atom is 0.257 e. The number of amides is 1. The normalized spacial score (nSPS) is 10.7. The molecule has 0 atom stereocenters. The summed E-state index contributed by atoms with van der Waals surface area (Å²) in [6.07, 6.45) is 1.96. The number of carbonyl (C=O) groups is 1. The number of anilines is 1. The van der Waals surface area contributed by atoms with Gasteiger partial charge in [-0.1, -0.05) is 11.6 Å². The summed E-state index contributed by atoms with van der Waals surface area (Å²) >= 11 is 9.22. The molecule has 138 valence electrons. The molecular formula is C20H18ClN3OS2. The second-order valence-corrected chi connectivity index (χ2v) is 8.19. The lowest BCUT2D eigenvalue weighted by molar-refractivity contribution is 0.102. The van der Waals surface area contributed by atoms with Crippen molar-refractivity contribution in [1.82, 2.24) is 9.97 Å². The zero-order valence-corrected chi connectivity index (χ0v) is 17.5. The Morgan fingerprint density at radius 3 is 2.22 bits per heavy atom. The van der Waals surface area contributed by atoms with Gasteiger partial charge in [-0.2, -0.15) is 0 Å². The molecule has 0 aliphatic heterocycles. The van der Waals surface area contributed by atoms with E-state index >= 15 is 0 Å². The summed E-state index contributed by atoms with van der Waals surface area (Å²) in [6, 6.07) is 15.0. The van der Waals surface area contributed by atoms with E-state index in [4.69, 9.17) is 11.6 Å². The van der Waals surface area contributed by atoms with Crippen molar-refractivity contribution >= 4 is 46.7 Å². The highest BCUT2D eigenvalue weighted by atomic mass is 35.5. The lowest BCUT2D eigenvalue weighted by Crippen LogP contribution is -2.12. The number of nitrogens with zero attached hydrogens (tertiary/aromatic N) is 2. The van der Waals surface area contributed by atoms with E-state index in [0.717, 1.165) is 21.2 Å². The summed E-state index contributed by atoms with van der Waals surface area (Å²) in [6.45, 7) is 3.91. The third-order valence-electron chi connectivity index (χ3n) is 3.70. The molecule has 0 spiro atoms. The van der Waals surface area contributed by atoms with E-state index in [1.807, 2.05) is 56.5 Å². The van der Waals surface area contributed by atoms with Crippen molar-refractivity contribution in [2.75, 3.05) is 11.6 Å². The molecule has 1 heterocycles. The predicted molar refractivity (Wildman–Crippen MR) is 113 cm³/mol. The molecule has 0 unspecified atom stereocenters. The van der Waals surface area contributed by atoms with Gasteiger partial charge in [-0.25, -0.2) is 9.97 Å². The Morgan fingerprint density at radius 2 is 1.59 bits per heavy atom. The number of thioether (sulfide) groups is 1. The highest BCUT2D eigenvalue weighted by molar-refractivity contribution is 7.99. The van der Waals surface area contributed by atoms with Crippen LogP contribution in [0.25, 0.3) is 0 Å². The Balaban J connectivity index is 1.71. The third kappa shape index (κ3) is 5.25. The van der Waals surface area contributed by atoms with Gasteiger partial charge in [-0.3, -0.25) is 4.79 Å². The number of rotatable bonds is 5. The van der Waals surface area contributed by atoms with Gasteiger partial charge in [-0.05, 0) is 80.4 Å². The van der Waals surface area contributed by atoms with E-state index < -0.39 is 0 Å². The number of aromatic nitrogens is 2. The minimum Gasteiger partial charge on any atom is -0.322 e. The van der Waals surface area contributed by atoms with E-state index in [-0.39, 0.29) is 5.91 Å². The molecule has 3 rings (SSSR count). The number of nitrogens with one attached hydrogen (secondary N) is 1. The molecule has 3 aromatic rings. The van der Waals surface area contributed by atoms with Crippen molar-refractivity contribution in [3.63, 3.8) is 0 Å². The molecule has 0 fully saturated rings. The van der Waals surface area contributed by atoms with Crippen LogP contribution >= 0.6 is 35.1 Å². The van der Waals surface area contributed by atoms with Gasteiger partial charge in [0, 0.05) is 26.9 Å². The Morgan fingerprint density at radius 1 is 0.963 bits per heavy atom. The number of carbonyl (C=O) groups excluding carboxylic acids is 1. The quantitative estimate of drug-likeness (QED) is 0.417. The fourth-order valence-electron chi connectivity index (χ4n) is 2.45. The van der Waals surface area contributed by atoms with E-state index in [2.05, 4.69) is 15.3 Å². The van der Waals surface area contributed by atoms with Crippen molar-refractivity contribution in [3.05, 3.63) is 70.5 Å². The first-order valence-corrected chi connectivity index (χ1v) is 10.6. The summed E-state index contributed by atoms with van der Waals surface area (Å²) in [7, 11) is 0. The highest BCUT2D eigenvalue weighted by Gasteiger charge is 2.12. The molecule has 0 saturated carbocycles. The van der Waals surface area contributed by atoms with Crippen LogP contribution < -0.4 is 5.32 Å². The fraction of sp³-hybridized carbons (Fsp3) is 0.150. The molecule has 0 saturated heterocycles. The zero-order valence-electron chi connectivity index (χ0n) is 15.1. The standard InChI is InChI=1S/C20H18ClN3OS2/c1-12-10-13(2)23-20(22-12)27-15-6-4-14(5-7-15)24-19(25)17-11-16(26-3)8-9-18(17)21/h4-11H,1-3H3,(H,24,25). The van der Waals surface area contributed by atoms with E-state index in [9.17, 15) is 4.79 Å². The lowest BCUT2D eigenvalue weighted by Gasteiger charge is -2.09. The Labute approximate surface area is 172 Å². The second-order valence-electron chi connectivity index (χ2n) is 5.86. The molecule has 0 radical (unpaired) electrons. The van der Waals surface area contributed by atoms with Gasteiger partial charge < -0.3 is 5.32 Å². The van der Waals surface area contributed by atoms with Crippen LogP contribution in [0.3, 0.4) is 0 Å². The molecule has 0 bridgehead atoms. The second kappa shape index (κ2) is 8.78. The van der Waals surface area contributed by atoms with E-state index in [1.165, 1.54) is 11.8 Å². The van der Waals surface area contributed by atoms with Gasteiger partial charge in [0.15, 0.2) is 5.16 Å². The molecule has 0 aliphatic carbocycles. The maximum atomic E-state index is 12.5. The van der Waals surface area contributed by atoms with Gasteiger partial charge >= 0.3 is 0 Å². The largest absolute Gasteiger partial charge is 0.322 e. The lowest BCUT2D eigenvalue weighted by atomic mass is 10.2. The third-order valence-corrected chi connectivity index (χ3v) is 5.63. The topological polar surface area (TPSA) is 54.9 Å². The zero-order chi connectivity index (χ0) is 19.4. The van der Waals surface area contributed by atoms with Crippen LogP contribution in [-0.2, 0) is 0 Å². The molecular weight excluding hydrogens is 398 g/mol. The molecule has 7 heteroatoms.